The van der Waals surface area contributed by atoms with E-state index in [1.807, 2.05) is 54.6 Å². The van der Waals surface area contributed by atoms with Crippen molar-refractivity contribution in [3.63, 3.8) is 0 Å². The Morgan fingerprint density at radius 3 is 0.957 bits per heavy atom. The van der Waals surface area contributed by atoms with Gasteiger partial charge in [-0.1, -0.05) is 53.5 Å². The molecule has 0 saturated heterocycles. The van der Waals surface area contributed by atoms with Gasteiger partial charge in [-0.05, 0) is 36.4 Å². The van der Waals surface area contributed by atoms with Gasteiger partial charge in [-0.2, -0.15) is 0 Å². The average molecular weight is 471 g/mol. The molecule has 0 saturated carbocycles. The molecular weight excluding hydrogens is 462 g/mol. The largest absolute Gasteiger partial charge is 0.234 e. The van der Waals surface area contributed by atoms with Crippen LogP contribution >= 0.6 is 49.4 Å². The van der Waals surface area contributed by atoms with Crippen molar-refractivity contribution in [1.29, 1.82) is 0 Å². The molecule has 0 amide bonds. The fourth-order valence-corrected chi connectivity index (χ4v) is 4.41. The molecule has 1 aliphatic rings. The molecule has 0 spiro atoms. The molecule has 0 radical (unpaired) electrons. The quantitative estimate of drug-likeness (QED) is 0.317. The molecule has 0 aromatic carbocycles. The zero-order chi connectivity index (χ0) is 16.1. The molecule has 3 aromatic heterocycles. The predicted molar refractivity (Wildman–Crippen MR) is 94.0 cm³/mol. The van der Waals surface area contributed by atoms with Gasteiger partial charge in [0, 0.05) is 0 Å². The number of rotatable bonds is 0. The zero-order valence-corrected chi connectivity index (χ0v) is 16.4. The Balaban J connectivity index is 0.000000753. The van der Waals surface area contributed by atoms with Crippen LogP contribution in [-0.2, 0) is 14.2 Å². The summed E-state index contributed by atoms with van der Waals surface area (Å²) in [5, 5.41) is 5.70. The minimum Gasteiger partial charge on any atom is -0.234 e. The van der Waals surface area contributed by atoms with Crippen molar-refractivity contribution >= 4 is 49.4 Å². The average Bonchev–Trinajstić information content (AvgIpc) is 2.57. The summed E-state index contributed by atoms with van der Waals surface area (Å²) < 4.78 is 0. The Morgan fingerprint density at radius 2 is 0.739 bits per heavy atom. The van der Waals surface area contributed by atoms with Crippen LogP contribution in [-0.4, -0.2) is 15.0 Å². The molecule has 4 rings (SSSR count). The van der Waals surface area contributed by atoms with E-state index in [0.29, 0.717) is 0 Å². The van der Waals surface area contributed by atoms with Crippen molar-refractivity contribution in [3.05, 3.63) is 54.6 Å². The number of hydrogen-bond donors (Lipinski definition) is 0. The Labute approximate surface area is 162 Å². The van der Waals surface area contributed by atoms with E-state index in [0.717, 1.165) is 30.2 Å². The van der Waals surface area contributed by atoms with E-state index in [9.17, 15) is 0 Å². The van der Waals surface area contributed by atoms with Gasteiger partial charge in [0.1, 0.15) is 30.2 Å². The van der Waals surface area contributed by atoms with Gasteiger partial charge in [-0.25, -0.2) is 15.0 Å². The Morgan fingerprint density at radius 1 is 0.522 bits per heavy atom. The molecule has 4 heterocycles. The normalized spacial score (nSPS) is 12.3. The van der Waals surface area contributed by atoms with Gasteiger partial charge < -0.3 is 0 Å². The molecule has 0 aliphatic carbocycles. The topological polar surface area (TPSA) is 38.7 Å². The Hall–Kier alpha value is -0.501. The Bertz CT molecular complexity index is 659. The molecule has 23 heavy (non-hydrogen) atoms. The van der Waals surface area contributed by atoms with E-state index >= 15 is 0 Å². The first-order valence-corrected chi connectivity index (χ1v) is 11.2. The summed E-state index contributed by atoms with van der Waals surface area (Å²) in [5.41, 5.74) is 0. The molecule has 0 fully saturated rings. The third kappa shape index (κ3) is 4.75. The molecular formula is C15H9BrCuN3S3. The SMILES string of the molecule is [Cu][Br].c1cc2nc(c1)Sc1cccc(n1)Sc1cccc(n1)S2. The van der Waals surface area contributed by atoms with E-state index in [4.69, 9.17) is 0 Å². The van der Waals surface area contributed by atoms with E-state index in [2.05, 4.69) is 43.3 Å². The summed E-state index contributed by atoms with van der Waals surface area (Å²) in [6, 6.07) is 18.1. The van der Waals surface area contributed by atoms with Crippen molar-refractivity contribution in [2.24, 2.45) is 0 Å². The maximum Gasteiger partial charge on any atom is 0.104 e. The van der Waals surface area contributed by atoms with Crippen LogP contribution in [0.15, 0.2) is 84.8 Å². The monoisotopic (exact) mass is 469 g/mol. The van der Waals surface area contributed by atoms with Gasteiger partial charge in [-0.15, -0.1) is 0 Å². The minimum atomic E-state index is 0.950. The second-order valence-electron chi connectivity index (χ2n) is 4.25. The van der Waals surface area contributed by atoms with E-state index in [1.165, 1.54) is 0 Å². The fraction of sp³-hybridized carbons (Fsp3) is 0. The van der Waals surface area contributed by atoms with Crippen LogP contribution in [0.2, 0.25) is 0 Å². The van der Waals surface area contributed by atoms with Crippen LogP contribution in [0, 0.1) is 0 Å². The summed E-state index contributed by atoms with van der Waals surface area (Å²) in [5.74, 6) is 0. The maximum absolute atomic E-state index is 4.65. The molecule has 0 unspecified atom stereocenters. The molecule has 8 heteroatoms. The number of fused-ring (bicyclic) bond motifs is 6. The van der Waals surface area contributed by atoms with Crippen molar-refractivity contribution in [3.8, 4) is 0 Å². The van der Waals surface area contributed by atoms with Crippen LogP contribution in [0.5, 0.6) is 0 Å². The minimum absolute atomic E-state index is 0.950. The molecule has 120 valence electrons. The van der Waals surface area contributed by atoms with Crippen LogP contribution in [0.1, 0.15) is 0 Å². The first kappa shape index (κ1) is 17.3. The molecule has 0 N–H and O–H groups in total. The van der Waals surface area contributed by atoms with Gasteiger partial charge in [0.25, 0.3) is 0 Å². The van der Waals surface area contributed by atoms with Crippen molar-refractivity contribution < 1.29 is 14.2 Å². The van der Waals surface area contributed by atoms with E-state index < -0.39 is 0 Å². The number of nitrogens with zero attached hydrogens (tertiary/aromatic N) is 3. The van der Waals surface area contributed by atoms with E-state index in [-0.39, 0.29) is 0 Å². The predicted octanol–water partition coefficient (Wildman–Crippen LogP) is 5.48. The number of pyridine rings is 3. The van der Waals surface area contributed by atoms with Gasteiger partial charge >= 0.3 is 28.3 Å². The van der Waals surface area contributed by atoms with Gasteiger partial charge in [-0.3, -0.25) is 0 Å². The molecule has 3 nitrogen and oxygen atoms in total. The van der Waals surface area contributed by atoms with Crippen molar-refractivity contribution in [2.75, 3.05) is 0 Å². The summed E-state index contributed by atoms with van der Waals surface area (Å²) in [6.45, 7) is 0. The molecule has 3 aromatic rings. The Kier molecular flexibility index (Phi) is 6.44. The van der Waals surface area contributed by atoms with Crippen LogP contribution < -0.4 is 0 Å². The van der Waals surface area contributed by atoms with Gasteiger partial charge in [0.2, 0.25) is 0 Å². The summed E-state index contributed by atoms with van der Waals surface area (Å²) >= 11 is 11.2. The number of aromatic nitrogens is 3. The first-order valence-electron chi connectivity index (χ1n) is 6.41. The van der Waals surface area contributed by atoms with E-state index in [1.54, 1.807) is 35.3 Å². The first-order chi connectivity index (χ1) is 11.3. The smallest absolute Gasteiger partial charge is 0.104 e. The second kappa shape index (κ2) is 8.55. The zero-order valence-electron chi connectivity index (χ0n) is 11.4. The third-order valence-electron chi connectivity index (χ3n) is 2.72. The summed E-state index contributed by atoms with van der Waals surface area (Å²) in [7, 11) is 0. The number of halogens is 1. The fourth-order valence-electron chi connectivity index (χ4n) is 1.85. The van der Waals surface area contributed by atoms with Gasteiger partial charge in [0.15, 0.2) is 0 Å². The second-order valence-corrected chi connectivity index (χ2v) is 7.37. The molecule has 6 bridgehead atoms. The van der Waals surface area contributed by atoms with Crippen molar-refractivity contribution in [2.45, 2.75) is 30.2 Å². The van der Waals surface area contributed by atoms with Crippen LogP contribution in [0.4, 0.5) is 0 Å². The molecule has 1 aliphatic heterocycles. The van der Waals surface area contributed by atoms with Crippen LogP contribution in [0.25, 0.3) is 0 Å². The summed E-state index contributed by atoms with van der Waals surface area (Å²) in [4.78, 5) is 14.0. The summed E-state index contributed by atoms with van der Waals surface area (Å²) in [6.07, 6.45) is 0. The standard InChI is InChI=1S/C15H9N3S3.BrH.Cu/c1-4-10-16-11(5-1)20-13-7-3-9-15(18-13)21-14-8-2-6-12(17-14)19-10;;/h1-9H;1H;/q;;+1/p-1. The van der Waals surface area contributed by atoms with Gasteiger partial charge in [0.05, 0.1) is 0 Å². The third-order valence-corrected chi connectivity index (χ3v) is 5.34. The number of hydrogen-bond acceptors (Lipinski definition) is 6. The van der Waals surface area contributed by atoms with Crippen molar-refractivity contribution in [1.82, 2.24) is 15.0 Å². The van der Waals surface area contributed by atoms with Crippen LogP contribution in [0.3, 0.4) is 0 Å². The maximum atomic E-state index is 4.65. The molecule has 0 atom stereocenters.